The summed E-state index contributed by atoms with van der Waals surface area (Å²) in [5.74, 6) is -0.985. The highest BCUT2D eigenvalue weighted by molar-refractivity contribution is 5.87. The number of rotatable bonds is 3. The zero-order valence-electron chi connectivity index (χ0n) is 8.47. The zero-order valence-corrected chi connectivity index (χ0v) is 8.47. The van der Waals surface area contributed by atoms with E-state index in [9.17, 15) is 4.79 Å². The van der Waals surface area contributed by atoms with E-state index in [1.807, 2.05) is 18.2 Å². The highest BCUT2D eigenvalue weighted by Gasteiger charge is 2.09. The third-order valence-corrected chi connectivity index (χ3v) is 2.29. The minimum absolute atomic E-state index is 0.0959. The number of carbonyl (C=O) groups is 1. The summed E-state index contributed by atoms with van der Waals surface area (Å²) in [5.41, 5.74) is 1.97. The number of aromatic carboxylic acids is 1. The summed E-state index contributed by atoms with van der Waals surface area (Å²) in [5, 5.41) is 12.9. The Morgan fingerprint density at radius 3 is 3.00 bits per heavy atom. The summed E-state index contributed by atoms with van der Waals surface area (Å²) in [4.78, 5) is 10.8. The van der Waals surface area contributed by atoms with Crippen molar-refractivity contribution in [3.63, 3.8) is 0 Å². The van der Waals surface area contributed by atoms with Crippen LogP contribution in [0.15, 0.2) is 24.3 Å². The van der Waals surface area contributed by atoms with Gasteiger partial charge in [0.1, 0.15) is 0 Å². The highest BCUT2D eigenvalue weighted by atomic mass is 16.4. The average Bonchev–Trinajstić information content (AvgIpc) is 2.63. The smallest absolute Gasteiger partial charge is 0.356 e. The molecule has 0 amide bonds. The normalized spacial score (nSPS) is 10.7. The van der Waals surface area contributed by atoms with E-state index in [2.05, 4.69) is 12.0 Å². The van der Waals surface area contributed by atoms with Crippen LogP contribution in [0.25, 0.3) is 5.52 Å². The number of carboxylic acids is 1. The maximum Gasteiger partial charge on any atom is 0.356 e. The van der Waals surface area contributed by atoms with Crippen LogP contribution in [0.1, 0.15) is 29.5 Å². The van der Waals surface area contributed by atoms with Gasteiger partial charge in [-0.05, 0) is 24.6 Å². The molecule has 15 heavy (non-hydrogen) atoms. The Balaban J connectivity index is 2.59. The SMILES string of the molecule is CCCc1cccc2cc(C(=O)O)nn12. The molecule has 4 heteroatoms. The van der Waals surface area contributed by atoms with Gasteiger partial charge in [-0.15, -0.1) is 0 Å². The Hall–Kier alpha value is -1.84. The Kier molecular flexibility index (Phi) is 2.41. The van der Waals surface area contributed by atoms with Gasteiger partial charge in [-0.1, -0.05) is 19.4 Å². The van der Waals surface area contributed by atoms with Gasteiger partial charge in [-0.3, -0.25) is 0 Å². The lowest BCUT2D eigenvalue weighted by molar-refractivity contribution is 0.0690. The Bertz CT molecular complexity index is 502. The molecule has 0 radical (unpaired) electrons. The van der Waals surface area contributed by atoms with Crippen LogP contribution in [0.2, 0.25) is 0 Å². The Morgan fingerprint density at radius 2 is 2.33 bits per heavy atom. The number of aryl methyl sites for hydroxylation is 1. The van der Waals surface area contributed by atoms with Crippen LogP contribution in [-0.4, -0.2) is 20.7 Å². The van der Waals surface area contributed by atoms with Crippen LogP contribution in [0, 0.1) is 0 Å². The molecule has 0 spiro atoms. The molecule has 2 heterocycles. The van der Waals surface area contributed by atoms with E-state index in [0.717, 1.165) is 24.1 Å². The van der Waals surface area contributed by atoms with E-state index in [1.54, 1.807) is 10.6 Å². The van der Waals surface area contributed by atoms with E-state index < -0.39 is 5.97 Å². The second kappa shape index (κ2) is 3.73. The van der Waals surface area contributed by atoms with Crippen molar-refractivity contribution in [3.8, 4) is 0 Å². The number of hydrogen-bond donors (Lipinski definition) is 1. The maximum atomic E-state index is 10.8. The third-order valence-electron chi connectivity index (χ3n) is 2.29. The first-order chi connectivity index (χ1) is 7.22. The van der Waals surface area contributed by atoms with Crippen molar-refractivity contribution in [3.05, 3.63) is 35.7 Å². The molecule has 0 fully saturated rings. The monoisotopic (exact) mass is 204 g/mol. The molecule has 0 saturated heterocycles. The van der Waals surface area contributed by atoms with Crippen molar-refractivity contribution in [2.75, 3.05) is 0 Å². The Labute approximate surface area is 87.2 Å². The number of aromatic nitrogens is 2. The van der Waals surface area contributed by atoms with Gasteiger partial charge >= 0.3 is 5.97 Å². The van der Waals surface area contributed by atoms with Crippen molar-refractivity contribution < 1.29 is 9.90 Å². The molecule has 2 aromatic rings. The van der Waals surface area contributed by atoms with E-state index in [-0.39, 0.29) is 5.69 Å². The van der Waals surface area contributed by atoms with Crippen molar-refractivity contribution in [1.82, 2.24) is 9.61 Å². The molecule has 1 N–H and O–H groups in total. The molecule has 2 aromatic heterocycles. The Morgan fingerprint density at radius 1 is 1.53 bits per heavy atom. The average molecular weight is 204 g/mol. The van der Waals surface area contributed by atoms with Gasteiger partial charge in [0.05, 0.1) is 5.52 Å². The number of fused-ring (bicyclic) bond motifs is 1. The molecular weight excluding hydrogens is 192 g/mol. The van der Waals surface area contributed by atoms with Gasteiger partial charge in [0, 0.05) is 5.69 Å². The lowest BCUT2D eigenvalue weighted by atomic mass is 10.2. The first-order valence-corrected chi connectivity index (χ1v) is 4.93. The molecule has 0 unspecified atom stereocenters. The standard InChI is InChI=1S/C11H12N2O2/c1-2-4-8-5-3-6-9-7-10(11(14)15)12-13(8)9/h3,5-7H,2,4H2,1H3,(H,14,15). The molecule has 0 aliphatic heterocycles. The molecule has 4 nitrogen and oxygen atoms in total. The van der Waals surface area contributed by atoms with Crippen LogP contribution in [0.3, 0.4) is 0 Å². The van der Waals surface area contributed by atoms with Crippen molar-refractivity contribution in [2.24, 2.45) is 0 Å². The lowest BCUT2D eigenvalue weighted by Crippen LogP contribution is -2.01. The largest absolute Gasteiger partial charge is 0.476 e. The molecule has 0 aliphatic rings. The van der Waals surface area contributed by atoms with E-state index in [0.29, 0.717) is 0 Å². The number of nitrogens with zero attached hydrogens (tertiary/aromatic N) is 2. The highest BCUT2D eigenvalue weighted by Crippen LogP contribution is 2.11. The fourth-order valence-electron chi connectivity index (χ4n) is 1.62. The maximum absolute atomic E-state index is 10.8. The summed E-state index contributed by atoms with van der Waals surface area (Å²) in [6.45, 7) is 2.08. The summed E-state index contributed by atoms with van der Waals surface area (Å²) >= 11 is 0. The molecular formula is C11H12N2O2. The van der Waals surface area contributed by atoms with Gasteiger partial charge in [0.25, 0.3) is 0 Å². The lowest BCUT2D eigenvalue weighted by Gasteiger charge is -2.01. The second-order valence-electron chi connectivity index (χ2n) is 3.44. The zero-order chi connectivity index (χ0) is 10.8. The summed E-state index contributed by atoms with van der Waals surface area (Å²) in [6.07, 6.45) is 1.92. The van der Waals surface area contributed by atoms with Crippen LogP contribution in [0.5, 0.6) is 0 Å². The molecule has 78 valence electrons. The van der Waals surface area contributed by atoms with Crippen LogP contribution in [0.4, 0.5) is 0 Å². The number of hydrogen-bond acceptors (Lipinski definition) is 2. The van der Waals surface area contributed by atoms with Gasteiger partial charge in [-0.25, -0.2) is 9.31 Å². The van der Waals surface area contributed by atoms with Gasteiger partial charge < -0.3 is 5.11 Å². The summed E-state index contributed by atoms with van der Waals surface area (Å²) < 4.78 is 1.70. The van der Waals surface area contributed by atoms with Crippen LogP contribution < -0.4 is 0 Å². The minimum atomic E-state index is -0.985. The molecule has 0 atom stereocenters. The van der Waals surface area contributed by atoms with Crippen molar-refractivity contribution in [2.45, 2.75) is 19.8 Å². The van der Waals surface area contributed by atoms with Crippen molar-refractivity contribution in [1.29, 1.82) is 0 Å². The predicted molar refractivity (Wildman–Crippen MR) is 56.1 cm³/mol. The van der Waals surface area contributed by atoms with Crippen molar-refractivity contribution >= 4 is 11.5 Å². The van der Waals surface area contributed by atoms with Gasteiger partial charge in [0.2, 0.25) is 0 Å². The van der Waals surface area contributed by atoms with E-state index in [4.69, 9.17) is 5.11 Å². The molecule has 0 saturated carbocycles. The molecule has 2 rings (SSSR count). The molecule has 0 aliphatic carbocycles. The first-order valence-electron chi connectivity index (χ1n) is 4.93. The van der Waals surface area contributed by atoms with Gasteiger partial charge in [-0.2, -0.15) is 5.10 Å². The number of pyridine rings is 1. The third kappa shape index (κ3) is 1.70. The number of carboxylic acid groups (broad SMARTS) is 1. The molecule has 0 bridgehead atoms. The second-order valence-corrected chi connectivity index (χ2v) is 3.44. The van der Waals surface area contributed by atoms with Crippen LogP contribution in [-0.2, 0) is 6.42 Å². The fraction of sp³-hybridized carbons (Fsp3) is 0.273. The minimum Gasteiger partial charge on any atom is -0.476 e. The summed E-state index contributed by atoms with van der Waals surface area (Å²) in [6, 6.07) is 7.34. The van der Waals surface area contributed by atoms with E-state index in [1.165, 1.54) is 0 Å². The van der Waals surface area contributed by atoms with Gasteiger partial charge in [0.15, 0.2) is 5.69 Å². The molecule has 0 aromatic carbocycles. The summed E-state index contributed by atoms with van der Waals surface area (Å²) in [7, 11) is 0. The van der Waals surface area contributed by atoms with E-state index >= 15 is 0 Å². The quantitative estimate of drug-likeness (QED) is 0.831. The first kappa shape index (κ1) is 9.71. The van der Waals surface area contributed by atoms with Crippen LogP contribution >= 0.6 is 0 Å². The topological polar surface area (TPSA) is 54.6 Å². The predicted octanol–water partition coefficient (Wildman–Crippen LogP) is 1.99. The fourth-order valence-corrected chi connectivity index (χ4v) is 1.62.